The molecule has 0 aliphatic rings. The van der Waals surface area contributed by atoms with Crippen LogP contribution in [0.3, 0.4) is 0 Å². The first kappa shape index (κ1) is 17.4. The highest BCUT2D eigenvalue weighted by Gasteiger charge is 2.23. The Morgan fingerprint density at radius 3 is 2.30 bits per heavy atom. The molecule has 20 heavy (non-hydrogen) atoms. The summed E-state index contributed by atoms with van der Waals surface area (Å²) < 4.78 is 48.2. The molecule has 114 valence electrons. The minimum atomic E-state index is -3.71. The predicted molar refractivity (Wildman–Crippen MR) is 80.3 cm³/mol. The SMILES string of the molecule is Cc1ccc(CCl)cc1S(=O)(=O)N(C)CCS(C)(=O)=O. The van der Waals surface area contributed by atoms with Gasteiger partial charge in [0.15, 0.2) is 0 Å². The van der Waals surface area contributed by atoms with Crippen LogP contribution >= 0.6 is 11.6 Å². The molecule has 1 aromatic rings. The van der Waals surface area contributed by atoms with Gasteiger partial charge in [0, 0.05) is 25.7 Å². The Morgan fingerprint density at radius 1 is 1.20 bits per heavy atom. The first-order valence-electron chi connectivity index (χ1n) is 5.87. The monoisotopic (exact) mass is 339 g/mol. The highest BCUT2D eigenvalue weighted by atomic mass is 35.5. The lowest BCUT2D eigenvalue weighted by Gasteiger charge is -2.18. The van der Waals surface area contributed by atoms with Crippen molar-refractivity contribution in [1.82, 2.24) is 4.31 Å². The Balaban J connectivity index is 3.10. The number of hydrogen-bond acceptors (Lipinski definition) is 4. The Morgan fingerprint density at radius 2 is 1.80 bits per heavy atom. The topological polar surface area (TPSA) is 71.5 Å². The van der Waals surface area contributed by atoms with E-state index in [-0.39, 0.29) is 23.1 Å². The molecule has 0 aromatic heterocycles. The van der Waals surface area contributed by atoms with Gasteiger partial charge in [-0.15, -0.1) is 11.6 Å². The molecule has 0 fully saturated rings. The number of halogens is 1. The fraction of sp³-hybridized carbons (Fsp3) is 0.500. The van der Waals surface area contributed by atoms with Gasteiger partial charge in [-0.3, -0.25) is 0 Å². The van der Waals surface area contributed by atoms with Crippen LogP contribution in [0.15, 0.2) is 23.1 Å². The van der Waals surface area contributed by atoms with Crippen molar-refractivity contribution in [3.8, 4) is 0 Å². The van der Waals surface area contributed by atoms with E-state index in [4.69, 9.17) is 11.6 Å². The summed E-state index contributed by atoms with van der Waals surface area (Å²) in [6.07, 6.45) is 1.08. The van der Waals surface area contributed by atoms with Crippen LogP contribution in [-0.2, 0) is 25.7 Å². The van der Waals surface area contributed by atoms with Crippen molar-refractivity contribution in [3.05, 3.63) is 29.3 Å². The van der Waals surface area contributed by atoms with Crippen LogP contribution < -0.4 is 0 Å². The fourth-order valence-electron chi connectivity index (χ4n) is 1.59. The maximum atomic E-state index is 12.4. The fourth-order valence-corrected chi connectivity index (χ4v) is 3.92. The van der Waals surface area contributed by atoms with Gasteiger partial charge in [-0.25, -0.2) is 16.8 Å². The van der Waals surface area contributed by atoms with Crippen LogP contribution in [-0.4, -0.2) is 46.7 Å². The van der Waals surface area contributed by atoms with Gasteiger partial charge in [0.2, 0.25) is 10.0 Å². The smallest absolute Gasteiger partial charge is 0.229 e. The van der Waals surface area contributed by atoms with Crippen molar-refractivity contribution in [2.45, 2.75) is 17.7 Å². The summed E-state index contributed by atoms with van der Waals surface area (Å²) in [7, 11) is -5.56. The maximum absolute atomic E-state index is 12.4. The Kier molecular flexibility index (Phi) is 5.60. The van der Waals surface area contributed by atoms with E-state index in [1.54, 1.807) is 19.1 Å². The van der Waals surface area contributed by atoms with Crippen LogP contribution in [0.5, 0.6) is 0 Å². The van der Waals surface area contributed by atoms with Crippen LogP contribution in [0.2, 0.25) is 0 Å². The van der Waals surface area contributed by atoms with Gasteiger partial charge in [0.1, 0.15) is 9.84 Å². The third-order valence-electron chi connectivity index (χ3n) is 2.87. The second-order valence-electron chi connectivity index (χ2n) is 4.69. The second kappa shape index (κ2) is 6.43. The summed E-state index contributed by atoms with van der Waals surface area (Å²) in [5.74, 6) is 0.00677. The highest BCUT2D eigenvalue weighted by Crippen LogP contribution is 2.21. The number of alkyl halides is 1. The molecule has 1 aromatic carbocycles. The van der Waals surface area contributed by atoms with E-state index in [1.165, 1.54) is 13.1 Å². The minimum absolute atomic E-state index is 0.0777. The van der Waals surface area contributed by atoms with Crippen LogP contribution in [0.4, 0.5) is 0 Å². The second-order valence-corrected chi connectivity index (χ2v) is 9.23. The average Bonchev–Trinajstić information content (AvgIpc) is 2.35. The van der Waals surface area contributed by atoms with E-state index in [0.717, 1.165) is 10.6 Å². The number of nitrogens with zero attached hydrogens (tertiary/aromatic N) is 1. The van der Waals surface area contributed by atoms with Gasteiger partial charge in [-0.2, -0.15) is 4.31 Å². The normalized spacial score (nSPS) is 12.8. The van der Waals surface area contributed by atoms with Crippen molar-refractivity contribution in [2.75, 3.05) is 25.6 Å². The van der Waals surface area contributed by atoms with Crippen molar-refractivity contribution in [1.29, 1.82) is 0 Å². The minimum Gasteiger partial charge on any atom is -0.229 e. The van der Waals surface area contributed by atoms with E-state index in [1.807, 2.05) is 0 Å². The molecule has 0 saturated carbocycles. The summed E-state index contributed by atoms with van der Waals surface area (Å²) in [4.78, 5) is 0.159. The highest BCUT2D eigenvalue weighted by molar-refractivity contribution is 7.91. The molecule has 5 nitrogen and oxygen atoms in total. The number of aryl methyl sites for hydroxylation is 1. The molecular formula is C12H18ClNO4S2. The summed E-state index contributed by atoms with van der Waals surface area (Å²) in [6, 6.07) is 4.97. The molecule has 0 saturated heterocycles. The number of sulfone groups is 1. The molecule has 0 N–H and O–H groups in total. The largest absolute Gasteiger partial charge is 0.243 e. The summed E-state index contributed by atoms with van der Waals surface area (Å²) in [5, 5.41) is 0. The molecule has 0 bridgehead atoms. The zero-order valence-electron chi connectivity index (χ0n) is 11.6. The van der Waals surface area contributed by atoms with Crippen LogP contribution in [0.1, 0.15) is 11.1 Å². The lowest BCUT2D eigenvalue weighted by Crippen LogP contribution is -2.32. The van der Waals surface area contributed by atoms with Crippen molar-refractivity contribution in [2.24, 2.45) is 0 Å². The molecule has 0 spiro atoms. The van der Waals surface area contributed by atoms with Gasteiger partial charge in [-0.05, 0) is 24.1 Å². The first-order chi connectivity index (χ1) is 9.08. The molecule has 0 aliphatic carbocycles. The van der Waals surface area contributed by atoms with E-state index >= 15 is 0 Å². The van der Waals surface area contributed by atoms with E-state index in [9.17, 15) is 16.8 Å². The Bertz CT molecular complexity index is 683. The molecule has 0 unspecified atom stereocenters. The molecule has 0 heterocycles. The third-order valence-corrected chi connectivity index (χ3v) is 6.10. The Labute approximate surface area is 125 Å². The van der Waals surface area contributed by atoms with E-state index in [0.29, 0.717) is 11.1 Å². The molecule has 0 amide bonds. The number of hydrogen-bond donors (Lipinski definition) is 0. The third kappa shape index (κ3) is 4.44. The summed E-state index contributed by atoms with van der Waals surface area (Å²) in [6.45, 7) is 1.61. The maximum Gasteiger partial charge on any atom is 0.243 e. The average molecular weight is 340 g/mol. The Hall–Kier alpha value is -0.630. The predicted octanol–water partition coefficient (Wildman–Crippen LogP) is 1.40. The van der Waals surface area contributed by atoms with E-state index < -0.39 is 19.9 Å². The molecule has 1 rings (SSSR count). The van der Waals surface area contributed by atoms with Crippen LogP contribution in [0.25, 0.3) is 0 Å². The van der Waals surface area contributed by atoms with Gasteiger partial charge < -0.3 is 0 Å². The lowest BCUT2D eigenvalue weighted by atomic mass is 10.2. The quantitative estimate of drug-likeness (QED) is 0.734. The van der Waals surface area contributed by atoms with E-state index in [2.05, 4.69) is 0 Å². The van der Waals surface area contributed by atoms with Gasteiger partial charge in [-0.1, -0.05) is 12.1 Å². The zero-order chi connectivity index (χ0) is 15.6. The molecule has 8 heteroatoms. The summed E-state index contributed by atoms with van der Waals surface area (Å²) in [5.41, 5.74) is 1.30. The van der Waals surface area contributed by atoms with Crippen molar-refractivity contribution in [3.63, 3.8) is 0 Å². The number of rotatable bonds is 6. The lowest BCUT2D eigenvalue weighted by molar-refractivity contribution is 0.484. The molecule has 0 atom stereocenters. The first-order valence-corrected chi connectivity index (χ1v) is 9.91. The van der Waals surface area contributed by atoms with Crippen molar-refractivity contribution < 1.29 is 16.8 Å². The van der Waals surface area contributed by atoms with Gasteiger partial charge in [0.05, 0.1) is 10.6 Å². The molecule has 0 aliphatic heterocycles. The molecule has 0 radical (unpaired) electrons. The van der Waals surface area contributed by atoms with Crippen molar-refractivity contribution >= 4 is 31.5 Å². The number of sulfonamides is 1. The standard InChI is InChI=1S/C12H18ClNO4S2/c1-10-4-5-11(9-13)8-12(10)20(17,18)14(2)6-7-19(3,15)16/h4-5,8H,6-7,9H2,1-3H3. The zero-order valence-corrected chi connectivity index (χ0v) is 14.0. The van der Waals surface area contributed by atoms with Crippen LogP contribution in [0, 0.1) is 6.92 Å². The summed E-state index contributed by atoms with van der Waals surface area (Å²) >= 11 is 5.71. The van der Waals surface area contributed by atoms with Gasteiger partial charge >= 0.3 is 0 Å². The number of benzene rings is 1. The molecular weight excluding hydrogens is 322 g/mol. The van der Waals surface area contributed by atoms with Gasteiger partial charge in [0.25, 0.3) is 0 Å².